The number of benzene rings is 1. The molecule has 0 atom stereocenters. The van der Waals surface area contributed by atoms with Crippen LogP contribution in [-0.2, 0) is 9.59 Å². The monoisotopic (exact) mass is 256 g/mol. The van der Waals surface area contributed by atoms with E-state index in [2.05, 4.69) is 10.6 Å². The molecule has 1 rings (SSSR count). The standard InChI is InChI=1S/C10H9ClN2O4/c1-12-8(14)6-3-2-5(11)4-7(6)13-9(15)10(16)17/h2-4H,1H3,(H,12,14)(H,13,15)(H,16,17). The third kappa shape index (κ3) is 3.18. The number of hydrogen-bond donors (Lipinski definition) is 3. The van der Waals surface area contributed by atoms with Crippen molar-refractivity contribution in [1.82, 2.24) is 5.32 Å². The second kappa shape index (κ2) is 5.31. The molecule has 17 heavy (non-hydrogen) atoms. The van der Waals surface area contributed by atoms with E-state index in [9.17, 15) is 14.4 Å². The van der Waals surface area contributed by atoms with Crippen molar-refractivity contribution in [3.05, 3.63) is 28.8 Å². The van der Waals surface area contributed by atoms with Gasteiger partial charge in [0.25, 0.3) is 5.91 Å². The fraction of sp³-hybridized carbons (Fsp3) is 0.100. The van der Waals surface area contributed by atoms with Crippen LogP contribution in [0.15, 0.2) is 18.2 Å². The molecule has 0 spiro atoms. The molecule has 0 aliphatic rings. The molecule has 0 saturated carbocycles. The first-order valence-electron chi connectivity index (χ1n) is 4.51. The summed E-state index contributed by atoms with van der Waals surface area (Å²) in [5.41, 5.74) is 0.177. The molecule has 0 aliphatic heterocycles. The van der Waals surface area contributed by atoms with Crippen molar-refractivity contribution in [1.29, 1.82) is 0 Å². The zero-order valence-electron chi connectivity index (χ0n) is 8.78. The van der Waals surface area contributed by atoms with Crippen LogP contribution in [0.4, 0.5) is 5.69 Å². The normalized spacial score (nSPS) is 9.53. The zero-order chi connectivity index (χ0) is 13.0. The van der Waals surface area contributed by atoms with Crippen LogP contribution in [0.2, 0.25) is 5.02 Å². The van der Waals surface area contributed by atoms with Gasteiger partial charge in [-0.3, -0.25) is 9.59 Å². The summed E-state index contributed by atoms with van der Waals surface area (Å²) in [6, 6.07) is 4.15. The van der Waals surface area contributed by atoms with Gasteiger partial charge in [0.1, 0.15) is 0 Å². The minimum absolute atomic E-state index is 0.0456. The van der Waals surface area contributed by atoms with E-state index < -0.39 is 17.8 Å². The topological polar surface area (TPSA) is 95.5 Å². The molecule has 6 nitrogen and oxygen atoms in total. The summed E-state index contributed by atoms with van der Waals surface area (Å²) in [7, 11) is 1.42. The largest absolute Gasteiger partial charge is 0.474 e. The molecule has 1 aromatic rings. The minimum Gasteiger partial charge on any atom is -0.474 e. The van der Waals surface area contributed by atoms with Crippen molar-refractivity contribution < 1.29 is 19.5 Å². The van der Waals surface area contributed by atoms with Crippen LogP contribution in [0.5, 0.6) is 0 Å². The summed E-state index contributed by atoms with van der Waals surface area (Å²) < 4.78 is 0. The molecule has 0 fully saturated rings. The van der Waals surface area contributed by atoms with Crippen LogP contribution < -0.4 is 10.6 Å². The maximum atomic E-state index is 11.4. The van der Waals surface area contributed by atoms with Crippen LogP contribution in [0, 0.1) is 0 Å². The van der Waals surface area contributed by atoms with Gasteiger partial charge in [-0.25, -0.2) is 4.79 Å². The highest BCUT2D eigenvalue weighted by Crippen LogP contribution is 2.21. The van der Waals surface area contributed by atoms with Crippen molar-refractivity contribution in [2.75, 3.05) is 12.4 Å². The molecule has 0 aromatic heterocycles. The Hall–Kier alpha value is -2.08. The third-order valence-electron chi connectivity index (χ3n) is 1.90. The van der Waals surface area contributed by atoms with Crippen LogP contribution in [0.3, 0.4) is 0 Å². The molecule has 0 bridgehead atoms. The number of carbonyl (C=O) groups excluding carboxylic acids is 2. The highest BCUT2D eigenvalue weighted by atomic mass is 35.5. The van der Waals surface area contributed by atoms with Crippen LogP contribution in [0.1, 0.15) is 10.4 Å². The number of carboxylic acid groups (broad SMARTS) is 1. The molecule has 0 radical (unpaired) electrons. The number of amides is 2. The quantitative estimate of drug-likeness (QED) is 0.680. The van der Waals surface area contributed by atoms with E-state index >= 15 is 0 Å². The number of nitrogens with one attached hydrogen (secondary N) is 2. The third-order valence-corrected chi connectivity index (χ3v) is 2.13. The molecule has 2 amide bonds. The molecule has 0 saturated heterocycles. The Bertz CT molecular complexity index is 487. The van der Waals surface area contributed by atoms with Crippen molar-refractivity contribution in [2.45, 2.75) is 0 Å². The highest BCUT2D eigenvalue weighted by molar-refractivity contribution is 6.37. The molecule has 0 aliphatic carbocycles. The Kier molecular flexibility index (Phi) is 4.06. The van der Waals surface area contributed by atoms with Gasteiger partial charge < -0.3 is 15.7 Å². The number of carboxylic acids is 1. The fourth-order valence-electron chi connectivity index (χ4n) is 1.13. The Morgan fingerprint density at radius 1 is 1.29 bits per heavy atom. The molecule has 0 heterocycles. The van der Waals surface area contributed by atoms with Crippen molar-refractivity contribution >= 4 is 35.1 Å². The first kappa shape index (κ1) is 13.0. The zero-order valence-corrected chi connectivity index (χ0v) is 9.54. The summed E-state index contributed by atoms with van der Waals surface area (Å²) in [6.45, 7) is 0. The maximum Gasteiger partial charge on any atom is 0.394 e. The van der Waals surface area contributed by atoms with E-state index in [1.54, 1.807) is 0 Å². The minimum atomic E-state index is -1.65. The molecule has 0 unspecified atom stereocenters. The lowest BCUT2D eigenvalue weighted by Crippen LogP contribution is -2.25. The van der Waals surface area contributed by atoms with E-state index in [0.717, 1.165) is 0 Å². The molecule has 90 valence electrons. The van der Waals surface area contributed by atoms with Gasteiger partial charge in [-0.1, -0.05) is 11.6 Å². The van der Waals surface area contributed by atoms with E-state index in [-0.39, 0.29) is 16.3 Å². The molecular formula is C10H9ClN2O4. The smallest absolute Gasteiger partial charge is 0.394 e. The molecule has 3 N–H and O–H groups in total. The maximum absolute atomic E-state index is 11.4. The van der Waals surface area contributed by atoms with Crippen LogP contribution in [-0.4, -0.2) is 29.9 Å². The van der Waals surface area contributed by atoms with Gasteiger partial charge in [0.2, 0.25) is 0 Å². The number of anilines is 1. The number of aliphatic carboxylic acids is 1. The molecule has 7 heteroatoms. The summed E-state index contributed by atoms with van der Waals surface area (Å²) in [4.78, 5) is 32.8. The Labute approximate surface area is 102 Å². The number of carbonyl (C=O) groups is 3. The Morgan fingerprint density at radius 2 is 1.94 bits per heavy atom. The van der Waals surface area contributed by atoms with Crippen LogP contribution in [0.25, 0.3) is 0 Å². The van der Waals surface area contributed by atoms with Gasteiger partial charge in [0, 0.05) is 12.1 Å². The van der Waals surface area contributed by atoms with Gasteiger partial charge in [0.15, 0.2) is 0 Å². The first-order valence-corrected chi connectivity index (χ1v) is 4.89. The second-order valence-electron chi connectivity index (χ2n) is 3.03. The summed E-state index contributed by atoms with van der Waals surface area (Å²) >= 11 is 5.70. The Morgan fingerprint density at radius 3 is 2.47 bits per heavy atom. The van der Waals surface area contributed by atoms with Gasteiger partial charge in [-0.05, 0) is 18.2 Å². The average molecular weight is 257 g/mol. The first-order chi connectivity index (χ1) is 7.95. The van der Waals surface area contributed by atoms with Gasteiger partial charge >= 0.3 is 11.9 Å². The lowest BCUT2D eigenvalue weighted by molar-refractivity contribution is -0.147. The Balaban J connectivity index is 3.11. The van der Waals surface area contributed by atoms with Crippen molar-refractivity contribution in [3.8, 4) is 0 Å². The number of hydrogen-bond acceptors (Lipinski definition) is 3. The van der Waals surface area contributed by atoms with Gasteiger partial charge in [0.05, 0.1) is 11.3 Å². The van der Waals surface area contributed by atoms with Crippen LogP contribution >= 0.6 is 11.6 Å². The predicted molar refractivity (Wildman–Crippen MR) is 61.1 cm³/mol. The average Bonchev–Trinajstić information content (AvgIpc) is 2.28. The van der Waals surface area contributed by atoms with E-state index in [4.69, 9.17) is 16.7 Å². The lowest BCUT2D eigenvalue weighted by atomic mass is 10.1. The van der Waals surface area contributed by atoms with Gasteiger partial charge in [-0.15, -0.1) is 0 Å². The summed E-state index contributed by atoms with van der Waals surface area (Å²) in [6.07, 6.45) is 0. The highest BCUT2D eigenvalue weighted by Gasteiger charge is 2.16. The summed E-state index contributed by atoms with van der Waals surface area (Å²) in [5.74, 6) is -3.34. The van der Waals surface area contributed by atoms with Crippen molar-refractivity contribution in [3.63, 3.8) is 0 Å². The SMILES string of the molecule is CNC(=O)c1ccc(Cl)cc1NC(=O)C(=O)O. The number of rotatable bonds is 2. The lowest BCUT2D eigenvalue weighted by Gasteiger charge is -2.08. The molecule has 1 aromatic carbocycles. The second-order valence-corrected chi connectivity index (χ2v) is 3.46. The molecular weight excluding hydrogens is 248 g/mol. The summed E-state index contributed by atoms with van der Waals surface area (Å²) in [5, 5.41) is 13.2. The number of halogens is 1. The van der Waals surface area contributed by atoms with E-state index in [1.165, 1.54) is 25.2 Å². The van der Waals surface area contributed by atoms with E-state index in [1.807, 2.05) is 0 Å². The van der Waals surface area contributed by atoms with Gasteiger partial charge in [-0.2, -0.15) is 0 Å². The van der Waals surface area contributed by atoms with Crippen molar-refractivity contribution in [2.24, 2.45) is 0 Å². The fourth-order valence-corrected chi connectivity index (χ4v) is 1.30. The van der Waals surface area contributed by atoms with E-state index in [0.29, 0.717) is 0 Å². The predicted octanol–water partition coefficient (Wildman–Crippen LogP) is 0.723.